The third kappa shape index (κ3) is 5.65. The van der Waals surface area contributed by atoms with Crippen LogP contribution >= 0.6 is 0 Å². The van der Waals surface area contributed by atoms with Gasteiger partial charge in [0.25, 0.3) is 10.1 Å². The zero-order chi connectivity index (χ0) is 18.0. The molecule has 0 fully saturated rings. The lowest BCUT2D eigenvalue weighted by atomic mass is 10.0. The van der Waals surface area contributed by atoms with Gasteiger partial charge >= 0.3 is 6.09 Å². The molecule has 1 aliphatic rings. The Balaban J connectivity index is 2.02. The summed E-state index contributed by atoms with van der Waals surface area (Å²) in [6.07, 6.45) is 2.65. The highest BCUT2D eigenvalue weighted by atomic mass is 32.2. The van der Waals surface area contributed by atoms with E-state index in [2.05, 4.69) is 0 Å². The summed E-state index contributed by atoms with van der Waals surface area (Å²) in [5.41, 5.74) is 2.18. The van der Waals surface area contributed by atoms with E-state index in [9.17, 15) is 13.2 Å². The summed E-state index contributed by atoms with van der Waals surface area (Å²) in [7, 11) is -3.48. The molecule has 0 spiro atoms. The molecule has 1 aromatic carbocycles. The first-order valence-electron chi connectivity index (χ1n) is 7.64. The van der Waals surface area contributed by atoms with E-state index in [1.807, 2.05) is 45.0 Å². The lowest BCUT2D eigenvalue weighted by Gasteiger charge is -2.24. The molecule has 0 atom stereocenters. The van der Waals surface area contributed by atoms with Gasteiger partial charge in [-0.3, -0.25) is 4.18 Å². The van der Waals surface area contributed by atoms with Crippen molar-refractivity contribution >= 4 is 21.8 Å². The minimum absolute atomic E-state index is 0.00423. The summed E-state index contributed by atoms with van der Waals surface area (Å²) in [5, 5.41) is 0. The van der Waals surface area contributed by atoms with Crippen LogP contribution in [-0.2, 0) is 25.6 Å². The van der Waals surface area contributed by atoms with Gasteiger partial charge in [-0.05, 0) is 43.5 Å². The molecule has 0 unspecified atom stereocenters. The Morgan fingerprint density at radius 1 is 1.29 bits per heavy atom. The molecule has 24 heavy (non-hydrogen) atoms. The van der Waals surface area contributed by atoms with Crippen molar-refractivity contribution < 1.29 is 22.1 Å². The Morgan fingerprint density at radius 3 is 2.62 bits per heavy atom. The number of carbonyl (C=O) groups excluding carboxylic acids is 1. The molecule has 1 aromatic rings. The second-order valence-electron chi connectivity index (χ2n) is 6.76. The quantitative estimate of drug-likeness (QED) is 0.778. The van der Waals surface area contributed by atoms with Crippen LogP contribution in [0.3, 0.4) is 0 Å². The largest absolute Gasteiger partial charge is 0.444 e. The van der Waals surface area contributed by atoms with Crippen LogP contribution in [-0.4, -0.2) is 44.4 Å². The maximum Gasteiger partial charge on any atom is 0.410 e. The SMILES string of the molecule is CC(C)(C)OC(=O)N1CC=C(c2cccc(COS(C)(=O)=O)c2)C1. The fraction of sp³-hybridized carbons (Fsp3) is 0.471. The van der Waals surface area contributed by atoms with Crippen molar-refractivity contribution in [2.24, 2.45) is 0 Å². The highest BCUT2D eigenvalue weighted by molar-refractivity contribution is 7.85. The average molecular weight is 353 g/mol. The Kier molecular flexibility index (Phi) is 5.35. The Bertz CT molecular complexity index is 746. The number of hydrogen-bond donors (Lipinski definition) is 0. The molecule has 0 saturated heterocycles. The Morgan fingerprint density at radius 2 is 2.00 bits per heavy atom. The van der Waals surface area contributed by atoms with Gasteiger partial charge in [0, 0.05) is 13.1 Å². The first-order valence-corrected chi connectivity index (χ1v) is 9.46. The third-order valence-corrected chi connectivity index (χ3v) is 3.85. The molecular formula is C17H23NO5S. The van der Waals surface area contributed by atoms with E-state index in [4.69, 9.17) is 8.92 Å². The van der Waals surface area contributed by atoms with Crippen LogP contribution in [0.15, 0.2) is 30.3 Å². The van der Waals surface area contributed by atoms with E-state index in [0.29, 0.717) is 13.1 Å². The summed E-state index contributed by atoms with van der Waals surface area (Å²) in [4.78, 5) is 13.7. The molecule has 0 bridgehead atoms. The summed E-state index contributed by atoms with van der Waals surface area (Å²) >= 11 is 0. The van der Waals surface area contributed by atoms with Gasteiger partial charge in [-0.25, -0.2) is 4.79 Å². The molecule has 1 amide bonds. The van der Waals surface area contributed by atoms with Gasteiger partial charge in [0.1, 0.15) is 5.60 Å². The van der Waals surface area contributed by atoms with E-state index < -0.39 is 15.7 Å². The van der Waals surface area contributed by atoms with Crippen LogP contribution in [0.4, 0.5) is 4.79 Å². The van der Waals surface area contributed by atoms with E-state index in [0.717, 1.165) is 23.0 Å². The van der Waals surface area contributed by atoms with Gasteiger partial charge in [0.05, 0.1) is 12.9 Å². The lowest BCUT2D eigenvalue weighted by molar-refractivity contribution is 0.0306. The summed E-state index contributed by atoms with van der Waals surface area (Å²) in [6, 6.07) is 7.44. The highest BCUT2D eigenvalue weighted by Gasteiger charge is 2.25. The van der Waals surface area contributed by atoms with Crippen molar-refractivity contribution in [1.29, 1.82) is 0 Å². The first-order chi connectivity index (χ1) is 11.0. The second kappa shape index (κ2) is 6.94. The van der Waals surface area contributed by atoms with Crippen molar-refractivity contribution in [3.63, 3.8) is 0 Å². The van der Waals surface area contributed by atoms with Crippen molar-refractivity contribution in [1.82, 2.24) is 4.90 Å². The standard InChI is InChI=1S/C17H23NO5S/c1-17(2,3)23-16(19)18-9-8-15(11-18)14-7-5-6-13(10-14)12-22-24(4,20)21/h5-8,10H,9,11-12H2,1-4H3. The molecular weight excluding hydrogens is 330 g/mol. The molecule has 0 saturated carbocycles. The number of ether oxygens (including phenoxy) is 1. The first kappa shape index (κ1) is 18.5. The van der Waals surface area contributed by atoms with E-state index in [-0.39, 0.29) is 12.7 Å². The molecule has 0 N–H and O–H groups in total. The number of benzene rings is 1. The number of amides is 1. The van der Waals surface area contributed by atoms with Gasteiger partial charge in [0.2, 0.25) is 0 Å². The van der Waals surface area contributed by atoms with Crippen molar-refractivity contribution in [3.8, 4) is 0 Å². The molecule has 1 aliphatic heterocycles. The van der Waals surface area contributed by atoms with E-state index >= 15 is 0 Å². The molecule has 1 heterocycles. The number of hydrogen-bond acceptors (Lipinski definition) is 5. The molecule has 132 valence electrons. The average Bonchev–Trinajstić information content (AvgIpc) is 2.93. The zero-order valence-electron chi connectivity index (χ0n) is 14.4. The van der Waals surface area contributed by atoms with E-state index in [1.54, 1.807) is 11.0 Å². The smallest absolute Gasteiger partial charge is 0.410 e. The minimum Gasteiger partial charge on any atom is -0.444 e. The number of nitrogens with zero attached hydrogens (tertiary/aromatic N) is 1. The minimum atomic E-state index is -3.48. The van der Waals surface area contributed by atoms with Crippen LogP contribution in [0.5, 0.6) is 0 Å². The molecule has 2 rings (SSSR count). The van der Waals surface area contributed by atoms with Crippen molar-refractivity contribution in [2.75, 3.05) is 19.3 Å². The fourth-order valence-corrected chi connectivity index (χ4v) is 2.62. The monoisotopic (exact) mass is 353 g/mol. The lowest BCUT2D eigenvalue weighted by Crippen LogP contribution is -2.35. The van der Waals surface area contributed by atoms with Crippen LogP contribution in [0.1, 0.15) is 31.9 Å². The number of rotatable bonds is 4. The Hall–Kier alpha value is -1.86. The number of carbonyl (C=O) groups is 1. The molecule has 7 heteroatoms. The van der Waals surface area contributed by atoms with Gasteiger partial charge in [-0.15, -0.1) is 0 Å². The molecule has 6 nitrogen and oxygen atoms in total. The molecule has 0 aromatic heterocycles. The highest BCUT2D eigenvalue weighted by Crippen LogP contribution is 2.24. The topological polar surface area (TPSA) is 72.9 Å². The summed E-state index contributed by atoms with van der Waals surface area (Å²) < 4.78 is 32.4. The maximum absolute atomic E-state index is 12.1. The van der Waals surface area contributed by atoms with Crippen LogP contribution in [0.25, 0.3) is 5.57 Å². The second-order valence-corrected chi connectivity index (χ2v) is 8.40. The van der Waals surface area contributed by atoms with Crippen molar-refractivity contribution in [3.05, 3.63) is 41.5 Å². The Labute approximate surface area is 143 Å². The van der Waals surface area contributed by atoms with Gasteiger partial charge in [0.15, 0.2) is 0 Å². The van der Waals surface area contributed by atoms with Gasteiger partial charge < -0.3 is 9.64 Å². The fourth-order valence-electron chi connectivity index (χ4n) is 2.27. The third-order valence-electron chi connectivity index (χ3n) is 3.31. The van der Waals surface area contributed by atoms with Gasteiger partial charge in [-0.1, -0.05) is 24.3 Å². The predicted molar refractivity (Wildman–Crippen MR) is 91.9 cm³/mol. The normalized spacial score (nSPS) is 15.3. The zero-order valence-corrected chi connectivity index (χ0v) is 15.2. The van der Waals surface area contributed by atoms with Crippen LogP contribution in [0.2, 0.25) is 0 Å². The van der Waals surface area contributed by atoms with Crippen molar-refractivity contribution in [2.45, 2.75) is 33.0 Å². The maximum atomic E-state index is 12.1. The summed E-state index contributed by atoms with van der Waals surface area (Å²) in [5.74, 6) is 0. The van der Waals surface area contributed by atoms with E-state index in [1.165, 1.54) is 0 Å². The van der Waals surface area contributed by atoms with Crippen LogP contribution < -0.4 is 0 Å². The van der Waals surface area contributed by atoms with Crippen LogP contribution in [0, 0.1) is 0 Å². The predicted octanol–water partition coefficient (Wildman–Crippen LogP) is 2.80. The van der Waals surface area contributed by atoms with Gasteiger partial charge in [-0.2, -0.15) is 8.42 Å². The molecule has 0 radical (unpaired) electrons. The molecule has 0 aliphatic carbocycles. The summed E-state index contributed by atoms with van der Waals surface area (Å²) in [6.45, 7) is 6.46.